The van der Waals surface area contributed by atoms with Gasteiger partial charge in [0.2, 0.25) is 0 Å². The molecule has 1 aromatic rings. The average Bonchev–Trinajstić information content (AvgIpc) is 2.79. The fraction of sp³-hybridized carbons (Fsp3) is 0.700. The van der Waals surface area contributed by atoms with E-state index in [0.717, 1.165) is 24.6 Å². The number of aliphatic hydroxyl groups is 1. The molecule has 3 N–H and O–H groups in total. The number of rotatable bonds is 5. The van der Waals surface area contributed by atoms with Gasteiger partial charge >= 0.3 is 17.8 Å². The minimum atomic E-state index is -2.49. The molecule has 2 rings (SSSR count). The van der Waals surface area contributed by atoms with E-state index in [-0.39, 0.29) is 5.56 Å². The van der Waals surface area contributed by atoms with Gasteiger partial charge in [0.05, 0.1) is 0 Å². The molecule has 2 heterocycles. The number of hydrogen-bond donors (Lipinski definition) is 3. The van der Waals surface area contributed by atoms with E-state index in [2.05, 4.69) is 5.32 Å². The summed E-state index contributed by atoms with van der Waals surface area (Å²) in [4.78, 5) is 49.9. The molecule has 0 aliphatic carbocycles. The van der Waals surface area contributed by atoms with Crippen molar-refractivity contribution in [2.24, 2.45) is 0 Å². The summed E-state index contributed by atoms with van der Waals surface area (Å²) < 4.78 is 32.1. The number of alkyl halides is 1. The van der Waals surface area contributed by atoms with E-state index >= 15 is 4.39 Å². The van der Waals surface area contributed by atoms with Crippen LogP contribution in [0.1, 0.15) is 53.3 Å². The van der Waals surface area contributed by atoms with Crippen LogP contribution in [0.2, 0.25) is 0 Å². The topological polar surface area (TPSA) is 149 Å². The van der Waals surface area contributed by atoms with E-state index in [9.17, 15) is 24.3 Å². The van der Waals surface area contributed by atoms with Crippen molar-refractivity contribution in [1.82, 2.24) is 14.9 Å². The third kappa shape index (κ3) is 5.18. The molecule has 0 spiro atoms. The van der Waals surface area contributed by atoms with Gasteiger partial charge in [-0.05, 0) is 48.5 Å². The second-order valence-corrected chi connectivity index (χ2v) is 9.18. The lowest BCUT2D eigenvalue weighted by atomic mass is 9.84. The van der Waals surface area contributed by atoms with E-state index in [1.165, 1.54) is 13.8 Å². The van der Waals surface area contributed by atoms with Crippen LogP contribution in [0.3, 0.4) is 0 Å². The minimum absolute atomic E-state index is 0.139. The van der Waals surface area contributed by atoms with Crippen LogP contribution >= 0.6 is 0 Å². The van der Waals surface area contributed by atoms with E-state index in [1.807, 2.05) is 4.98 Å². The van der Waals surface area contributed by atoms with Crippen molar-refractivity contribution >= 4 is 12.1 Å². The van der Waals surface area contributed by atoms with Crippen molar-refractivity contribution in [3.8, 4) is 0 Å². The minimum Gasteiger partial charge on any atom is -0.461 e. The maximum atomic E-state index is 15.6. The summed E-state index contributed by atoms with van der Waals surface area (Å²) in [7, 11) is 0. The number of aryl methyl sites for hydroxylation is 1. The predicted molar refractivity (Wildman–Crippen MR) is 110 cm³/mol. The Morgan fingerprint density at radius 1 is 1.38 bits per heavy atom. The largest absolute Gasteiger partial charge is 0.461 e. The normalized spacial score (nSPS) is 28.8. The van der Waals surface area contributed by atoms with Gasteiger partial charge in [-0.2, -0.15) is 0 Å². The first-order valence-electron chi connectivity index (χ1n) is 10.0. The fourth-order valence-electron chi connectivity index (χ4n) is 3.10. The van der Waals surface area contributed by atoms with Crippen molar-refractivity contribution in [3.63, 3.8) is 0 Å². The Morgan fingerprint density at radius 3 is 2.53 bits per heavy atom. The van der Waals surface area contributed by atoms with Crippen LogP contribution in [0.15, 0.2) is 15.8 Å². The van der Waals surface area contributed by atoms with Gasteiger partial charge in [-0.3, -0.25) is 14.3 Å². The van der Waals surface area contributed by atoms with Gasteiger partial charge < -0.3 is 24.6 Å². The highest BCUT2D eigenvalue weighted by Crippen LogP contribution is 2.47. The number of hydrogen-bond acceptors (Lipinski definition) is 8. The molecule has 3 unspecified atom stereocenters. The molecule has 1 amide bonds. The lowest BCUT2D eigenvalue weighted by Gasteiger charge is -2.33. The Morgan fingerprint density at radius 2 is 1.97 bits per heavy atom. The summed E-state index contributed by atoms with van der Waals surface area (Å²) in [5.74, 6) is -0.865. The number of ether oxygens (including phenoxy) is 3. The molecule has 0 aromatic carbocycles. The lowest BCUT2D eigenvalue weighted by Crippen LogP contribution is -2.53. The summed E-state index contributed by atoms with van der Waals surface area (Å²) >= 11 is 0. The number of alkyl carbamates (subject to hydrolysis) is 1. The number of halogens is 1. The van der Waals surface area contributed by atoms with Crippen LogP contribution in [0, 0.1) is 6.92 Å². The third-order valence-electron chi connectivity index (χ3n) is 5.24. The van der Waals surface area contributed by atoms with Crippen LogP contribution in [0.5, 0.6) is 0 Å². The first-order valence-corrected chi connectivity index (χ1v) is 10.0. The van der Waals surface area contributed by atoms with Crippen molar-refractivity contribution in [3.05, 3.63) is 32.6 Å². The highest BCUT2D eigenvalue weighted by Gasteiger charge is 2.63. The van der Waals surface area contributed by atoms with E-state index in [4.69, 9.17) is 14.2 Å². The van der Waals surface area contributed by atoms with Gasteiger partial charge in [0.15, 0.2) is 11.9 Å². The highest BCUT2D eigenvalue weighted by molar-refractivity contribution is 5.81. The molecule has 1 aromatic heterocycles. The maximum Gasteiger partial charge on any atom is 0.408 e. The highest BCUT2D eigenvalue weighted by atomic mass is 19.1. The van der Waals surface area contributed by atoms with Crippen LogP contribution < -0.4 is 16.6 Å². The van der Waals surface area contributed by atoms with Gasteiger partial charge in [-0.1, -0.05) is 0 Å². The Balaban J connectivity index is 2.12. The number of nitrogens with one attached hydrogen (secondary N) is 2. The van der Waals surface area contributed by atoms with Gasteiger partial charge in [-0.25, -0.2) is 18.8 Å². The van der Waals surface area contributed by atoms with Crippen molar-refractivity contribution in [1.29, 1.82) is 0 Å². The molecule has 32 heavy (non-hydrogen) atoms. The second kappa shape index (κ2) is 8.66. The summed E-state index contributed by atoms with van der Waals surface area (Å²) in [6.07, 6.45) is -2.64. The van der Waals surface area contributed by atoms with Crippen molar-refractivity contribution in [2.75, 3.05) is 6.61 Å². The third-order valence-corrected chi connectivity index (χ3v) is 5.24. The molecule has 0 saturated carbocycles. The van der Waals surface area contributed by atoms with Crippen molar-refractivity contribution < 1.29 is 33.3 Å². The number of carbonyl (C=O) groups is 2. The van der Waals surface area contributed by atoms with Crippen molar-refractivity contribution in [2.45, 2.75) is 83.7 Å². The standard InChI is InChI=1S/C20H30FN3O8/c1-10-8-24(16(27)23-13(10)25)15-19(6,21)20(7,29)12(31-15)9-30-14(26)11(2)22-17(28)32-18(3,4)5/h8,11-12,15,29H,9H2,1-7H3,(H,22,28)(H,23,25,27)/t11?,12-,15?,19-,20?/m0/s1. The zero-order chi connectivity index (χ0) is 24.6. The first-order chi connectivity index (χ1) is 14.5. The zero-order valence-corrected chi connectivity index (χ0v) is 19.1. The van der Waals surface area contributed by atoms with E-state index < -0.39 is 65.2 Å². The lowest BCUT2D eigenvalue weighted by molar-refractivity contribution is -0.155. The van der Waals surface area contributed by atoms with E-state index in [1.54, 1.807) is 20.8 Å². The quantitative estimate of drug-likeness (QED) is 0.544. The fourth-order valence-corrected chi connectivity index (χ4v) is 3.10. The molecule has 1 aliphatic heterocycles. The van der Waals surface area contributed by atoms with Crippen LogP contribution in [0.4, 0.5) is 9.18 Å². The first kappa shape index (κ1) is 25.5. The molecule has 11 nitrogen and oxygen atoms in total. The molecule has 1 fully saturated rings. The number of H-pyrrole nitrogens is 1. The number of nitrogens with zero attached hydrogens (tertiary/aromatic N) is 1. The maximum absolute atomic E-state index is 15.6. The molecule has 180 valence electrons. The van der Waals surface area contributed by atoms with Gasteiger partial charge in [0.25, 0.3) is 5.56 Å². The second-order valence-electron chi connectivity index (χ2n) is 9.18. The average molecular weight is 459 g/mol. The van der Waals surface area contributed by atoms with Gasteiger partial charge in [-0.15, -0.1) is 0 Å². The van der Waals surface area contributed by atoms with Gasteiger partial charge in [0, 0.05) is 11.8 Å². The molecule has 1 saturated heterocycles. The Bertz CT molecular complexity index is 992. The molecule has 5 atom stereocenters. The summed E-state index contributed by atoms with van der Waals surface area (Å²) in [6.45, 7) is 9.41. The molecule has 0 radical (unpaired) electrons. The molecule has 12 heteroatoms. The van der Waals surface area contributed by atoms with Crippen LogP contribution in [0.25, 0.3) is 0 Å². The Hall–Kier alpha value is -2.73. The number of aromatic amines is 1. The number of aromatic nitrogens is 2. The number of amides is 1. The Kier molecular flexibility index (Phi) is 6.91. The number of esters is 1. The summed E-state index contributed by atoms with van der Waals surface area (Å²) in [5.41, 5.74) is -6.82. The van der Waals surface area contributed by atoms with E-state index in [0.29, 0.717) is 0 Å². The summed E-state index contributed by atoms with van der Waals surface area (Å²) in [5, 5.41) is 13.1. The zero-order valence-electron chi connectivity index (χ0n) is 19.1. The molecule has 1 aliphatic rings. The van der Waals surface area contributed by atoms with Crippen LogP contribution in [-0.2, 0) is 19.0 Å². The smallest absolute Gasteiger partial charge is 0.408 e. The molecular weight excluding hydrogens is 429 g/mol. The summed E-state index contributed by atoms with van der Waals surface area (Å²) in [6, 6.07) is -1.09. The monoisotopic (exact) mass is 459 g/mol. The molecule has 0 bridgehead atoms. The molecular formula is C20H30FN3O8. The van der Waals surface area contributed by atoms with Crippen LogP contribution in [-0.4, -0.2) is 62.3 Å². The number of carbonyl (C=O) groups excluding carboxylic acids is 2. The SMILES string of the molecule is Cc1cn(C2O[C@@H](COC(=O)C(C)NC(=O)OC(C)(C)C)C(C)(O)[C@@]2(C)F)c(=O)[nH]c1=O. The predicted octanol–water partition coefficient (Wildman–Crippen LogP) is 0.678. The Labute approximate surface area is 183 Å². The van der Waals surface area contributed by atoms with Gasteiger partial charge in [0.1, 0.15) is 30.0 Å².